The molecule has 3 nitrogen and oxygen atoms in total. The third-order valence-corrected chi connectivity index (χ3v) is 4.84. The van der Waals surface area contributed by atoms with Crippen molar-refractivity contribution in [3.63, 3.8) is 0 Å². The number of halogens is 1. The van der Waals surface area contributed by atoms with Gasteiger partial charge in [-0.15, -0.1) is 0 Å². The largest absolute Gasteiger partial charge is 0.423 e. The Hall–Kier alpha value is -1.58. The normalized spacial score (nSPS) is 15.0. The minimum Gasteiger partial charge on any atom is -0.423 e. The maximum absolute atomic E-state index is 11.7. The summed E-state index contributed by atoms with van der Waals surface area (Å²) in [4.78, 5) is 11.7. The van der Waals surface area contributed by atoms with Gasteiger partial charge in [-0.1, -0.05) is 23.3 Å². The van der Waals surface area contributed by atoms with E-state index in [1.54, 1.807) is 11.6 Å². The van der Waals surface area contributed by atoms with Crippen LogP contribution in [0.4, 0.5) is 0 Å². The lowest BCUT2D eigenvalue weighted by molar-refractivity contribution is 0.556. The summed E-state index contributed by atoms with van der Waals surface area (Å²) in [6.07, 6.45) is 8.54. The molecule has 4 heteroatoms. The molecule has 1 heterocycles. The molecule has 0 amide bonds. The van der Waals surface area contributed by atoms with Crippen LogP contribution in [0.25, 0.3) is 11.0 Å². The number of benzene rings is 1. The molecule has 0 fully saturated rings. The van der Waals surface area contributed by atoms with Crippen LogP contribution in [0.2, 0.25) is 5.02 Å². The van der Waals surface area contributed by atoms with Gasteiger partial charge in [0.25, 0.3) is 0 Å². The first-order chi connectivity index (χ1) is 11.1. The Morgan fingerprint density at radius 2 is 2.13 bits per heavy atom. The fourth-order valence-electron chi connectivity index (χ4n) is 3.10. The molecule has 0 unspecified atom stereocenters. The van der Waals surface area contributed by atoms with E-state index in [-0.39, 0.29) is 5.63 Å². The van der Waals surface area contributed by atoms with Gasteiger partial charge in [-0.2, -0.15) is 0 Å². The molecule has 1 aromatic carbocycles. The van der Waals surface area contributed by atoms with E-state index in [4.69, 9.17) is 16.0 Å². The Morgan fingerprint density at radius 1 is 1.26 bits per heavy atom. The molecular formula is C19H22ClNO2. The van der Waals surface area contributed by atoms with Crippen molar-refractivity contribution in [2.75, 3.05) is 6.54 Å². The lowest BCUT2D eigenvalue weighted by atomic mass is 9.97. The highest BCUT2D eigenvalue weighted by molar-refractivity contribution is 6.32. The van der Waals surface area contributed by atoms with Gasteiger partial charge in [-0.25, -0.2) is 4.79 Å². The predicted octanol–water partition coefficient (Wildman–Crippen LogP) is 4.73. The minimum atomic E-state index is -0.314. The molecule has 0 spiro atoms. The Morgan fingerprint density at radius 3 is 2.91 bits per heavy atom. The molecule has 0 saturated carbocycles. The summed E-state index contributed by atoms with van der Waals surface area (Å²) in [5, 5.41) is 5.04. The molecule has 122 valence electrons. The second-order valence-corrected chi connectivity index (χ2v) is 6.63. The average Bonchev–Trinajstić information content (AvgIpc) is 2.54. The molecule has 1 aliphatic rings. The zero-order valence-corrected chi connectivity index (χ0v) is 14.2. The Balaban J connectivity index is 1.70. The molecule has 1 aromatic heterocycles. The van der Waals surface area contributed by atoms with Crippen molar-refractivity contribution in [3.8, 4) is 0 Å². The molecule has 2 aromatic rings. The lowest BCUT2D eigenvalue weighted by Crippen LogP contribution is -2.17. The molecule has 0 bridgehead atoms. The quantitative estimate of drug-likeness (QED) is 0.489. The van der Waals surface area contributed by atoms with Crippen LogP contribution in [0.1, 0.15) is 43.2 Å². The molecule has 0 atom stereocenters. The summed E-state index contributed by atoms with van der Waals surface area (Å²) < 4.78 is 5.29. The SMILES string of the molecule is Cc1cc2oc(=O)cc(CNCCC3=CCCCC3)c2cc1Cl. The highest BCUT2D eigenvalue weighted by atomic mass is 35.5. The van der Waals surface area contributed by atoms with Crippen LogP contribution in [0.3, 0.4) is 0 Å². The summed E-state index contributed by atoms with van der Waals surface area (Å²) in [5.74, 6) is 0. The molecule has 1 N–H and O–H groups in total. The third kappa shape index (κ3) is 4.04. The maximum Gasteiger partial charge on any atom is 0.336 e. The van der Waals surface area contributed by atoms with E-state index in [0.29, 0.717) is 17.2 Å². The van der Waals surface area contributed by atoms with Crippen LogP contribution in [-0.2, 0) is 6.54 Å². The average molecular weight is 332 g/mol. The van der Waals surface area contributed by atoms with Gasteiger partial charge in [0.15, 0.2) is 0 Å². The van der Waals surface area contributed by atoms with E-state index in [1.165, 1.54) is 25.7 Å². The highest BCUT2D eigenvalue weighted by Gasteiger charge is 2.09. The van der Waals surface area contributed by atoms with Gasteiger partial charge < -0.3 is 9.73 Å². The molecule has 0 aliphatic heterocycles. The number of allylic oxidation sites excluding steroid dienone is 1. The number of hydrogen-bond acceptors (Lipinski definition) is 3. The van der Waals surface area contributed by atoms with E-state index < -0.39 is 0 Å². The maximum atomic E-state index is 11.7. The fraction of sp³-hybridized carbons (Fsp3) is 0.421. The van der Waals surface area contributed by atoms with Crippen LogP contribution in [0.5, 0.6) is 0 Å². The van der Waals surface area contributed by atoms with E-state index in [0.717, 1.165) is 29.5 Å². The van der Waals surface area contributed by atoms with Crippen LogP contribution < -0.4 is 10.9 Å². The van der Waals surface area contributed by atoms with Gasteiger partial charge in [0.1, 0.15) is 5.58 Å². The molecular weight excluding hydrogens is 310 g/mol. The Bertz CT molecular complexity index is 792. The topological polar surface area (TPSA) is 42.2 Å². The van der Waals surface area contributed by atoms with Crippen LogP contribution >= 0.6 is 11.6 Å². The van der Waals surface area contributed by atoms with Crippen molar-refractivity contribution in [1.29, 1.82) is 0 Å². The van der Waals surface area contributed by atoms with Crippen LogP contribution in [0, 0.1) is 6.92 Å². The fourth-order valence-corrected chi connectivity index (χ4v) is 3.26. The number of hydrogen-bond donors (Lipinski definition) is 1. The zero-order valence-electron chi connectivity index (χ0n) is 13.5. The Labute approximate surface area is 141 Å². The van der Waals surface area contributed by atoms with Crippen LogP contribution in [0.15, 0.2) is 39.1 Å². The van der Waals surface area contributed by atoms with Gasteiger partial charge in [0.05, 0.1) is 0 Å². The smallest absolute Gasteiger partial charge is 0.336 e. The van der Waals surface area contributed by atoms with Crippen molar-refractivity contribution in [3.05, 3.63) is 56.4 Å². The number of aryl methyl sites for hydroxylation is 1. The van der Waals surface area contributed by atoms with Crippen molar-refractivity contribution < 1.29 is 4.42 Å². The van der Waals surface area contributed by atoms with E-state index in [9.17, 15) is 4.79 Å². The second-order valence-electron chi connectivity index (χ2n) is 6.22. The van der Waals surface area contributed by atoms with E-state index in [1.807, 2.05) is 19.1 Å². The van der Waals surface area contributed by atoms with Gasteiger partial charge in [-0.05, 0) is 68.8 Å². The first-order valence-corrected chi connectivity index (χ1v) is 8.63. The van der Waals surface area contributed by atoms with Crippen molar-refractivity contribution in [2.24, 2.45) is 0 Å². The summed E-state index contributed by atoms with van der Waals surface area (Å²) >= 11 is 6.21. The minimum absolute atomic E-state index is 0.314. The first-order valence-electron chi connectivity index (χ1n) is 8.25. The molecule has 0 saturated heterocycles. The lowest BCUT2D eigenvalue weighted by Gasteiger charge is -2.13. The summed E-state index contributed by atoms with van der Waals surface area (Å²) in [7, 11) is 0. The standard InChI is InChI=1S/C19H22ClNO2/c1-13-9-18-16(11-17(13)20)15(10-19(22)23-18)12-21-8-7-14-5-3-2-4-6-14/h5,9-11,21H,2-4,6-8,12H2,1H3. The van der Waals surface area contributed by atoms with Gasteiger partial charge in [0, 0.05) is 23.0 Å². The summed E-state index contributed by atoms with van der Waals surface area (Å²) in [5.41, 5.74) is 3.70. The van der Waals surface area contributed by atoms with Gasteiger partial charge >= 0.3 is 5.63 Å². The molecule has 23 heavy (non-hydrogen) atoms. The zero-order chi connectivity index (χ0) is 16.2. The number of rotatable bonds is 5. The summed E-state index contributed by atoms with van der Waals surface area (Å²) in [6, 6.07) is 5.27. The van der Waals surface area contributed by atoms with Crippen molar-refractivity contribution in [2.45, 2.75) is 45.6 Å². The van der Waals surface area contributed by atoms with Crippen molar-refractivity contribution >= 4 is 22.6 Å². The van der Waals surface area contributed by atoms with E-state index in [2.05, 4.69) is 11.4 Å². The molecule has 0 radical (unpaired) electrons. The van der Waals surface area contributed by atoms with Gasteiger partial charge in [0.2, 0.25) is 0 Å². The van der Waals surface area contributed by atoms with Gasteiger partial charge in [-0.3, -0.25) is 0 Å². The first kappa shape index (κ1) is 16.3. The molecule has 3 rings (SSSR count). The van der Waals surface area contributed by atoms with E-state index >= 15 is 0 Å². The van der Waals surface area contributed by atoms with Crippen LogP contribution in [-0.4, -0.2) is 6.54 Å². The summed E-state index contributed by atoms with van der Waals surface area (Å²) in [6.45, 7) is 3.48. The number of nitrogens with one attached hydrogen (secondary N) is 1. The Kier molecular flexibility index (Phi) is 5.19. The second kappa shape index (κ2) is 7.33. The predicted molar refractivity (Wildman–Crippen MR) is 95.1 cm³/mol. The van der Waals surface area contributed by atoms with Crippen molar-refractivity contribution in [1.82, 2.24) is 5.32 Å². The number of fused-ring (bicyclic) bond motifs is 1. The monoisotopic (exact) mass is 331 g/mol. The third-order valence-electron chi connectivity index (χ3n) is 4.43. The molecule has 1 aliphatic carbocycles. The highest BCUT2D eigenvalue weighted by Crippen LogP contribution is 2.25.